The number of amides is 1. The summed E-state index contributed by atoms with van der Waals surface area (Å²) in [5, 5.41) is 2.60. The zero-order valence-electron chi connectivity index (χ0n) is 13.1. The monoisotopic (exact) mass is 327 g/mol. The molecule has 2 rings (SSSR count). The summed E-state index contributed by atoms with van der Waals surface area (Å²) in [4.78, 5) is 11.9. The number of ether oxygens (including phenoxy) is 2. The zero-order valence-corrected chi connectivity index (χ0v) is 13.9. The van der Waals surface area contributed by atoms with E-state index in [-0.39, 0.29) is 4.90 Å². The highest BCUT2D eigenvalue weighted by molar-refractivity contribution is 7.92. The summed E-state index contributed by atoms with van der Waals surface area (Å²) in [7, 11) is -3.55. The predicted octanol–water partition coefficient (Wildman–Crippen LogP) is 2.10. The fraction of sp³-hybridized carbons (Fsp3) is 0.533. The molecule has 1 fully saturated rings. The van der Waals surface area contributed by atoms with Gasteiger partial charge in [-0.05, 0) is 39.8 Å². The SMILES string of the molecule is C[C@H](NC(=O)OC(C)(C)C)[C@@H]1O[C@@H]1S(=O)(=O)c1ccccc1. The van der Waals surface area contributed by atoms with Gasteiger partial charge in [0, 0.05) is 0 Å². The number of benzene rings is 1. The van der Waals surface area contributed by atoms with E-state index in [2.05, 4.69) is 5.32 Å². The Kier molecular flexibility index (Phi) is 4.49. The Morgan fingerprint density at radius 1 is 1.27 bits per heavy atom. The van der Waals surface area contributed by atoms with Crippen LogP contribution in [0.15, 0.2) is 35.2 Å². The van der Waals surface area contributed by atoms with Crippen LogP contribution in [0.25, 0.3) is 0 Å². The van der Waals surface area contributed by atoms with Crippen LogP contribution in [0.2, 0.25) is 0 Å². The van der Waals surface area contributed by atoms with Gasteiger partial charge in [0.05, 0.1) is 10.9 Å². The number of sulfone groups is 1. The second-order valence-electron chi connectivity index (χ2n) is 6.26. The third-order valence-electron chi connectivity index (χ3n) is 3.10. The lowest BCUT2D eigenvalue weighted by Crippen LogP contribution is -2.41. The molecule has 0 bridgehead atoms. The van der Waals surface area contributed by atoms with Crippen LogP contribution in [-0.4, -0.2) is 37.7 Å². The standard InChI is InChI=1S/C15H21NO5S/c1-10(16-14(17)21-15(2,3)4)12-13(20-12)22(18,19)11-8-6-5-7-9-11/h5-10,12-13H,1-4H3,(H,16,17)/t10-,12-,13+/m0/s1. The van der Waals surface area contributed by atoms with E-state index in [0.717, 1.165) is 0 Å². The second kappa shape index (κ2) is 5.89. The summed E-state index contributed by atoms with van der Waals surface area (Å²) in [6.07, 6.45) is -1.16. The van der Waals surface area contributed by atoms with E-state index < -0.39 is 39.1 Å². The number of nitrogens with one attached hydrogen (secondary N) is 1. The van der Waals surface area contributed by atoms with Crippen LogP contribution in [0, 0.1) is 0 Å². The first-order valence-electron chi connectivity index (χ1n) is 7.05. The molecule has 22 heavy (non-hydrogen) atoms. The molecule has 3 atom stereocenters. The Balaban J connectivity index is 1.96. The molecule has 1 aromatic carbocycles. The first kappa shape index (κ1) is 16.8. The third-order valence-corrected chi connectivity index (χ3v) is 5.02. The molecule has 0 aromatic heterocycles. The molecule has 0 radical (unpaired) electrons. The number of epoxide rings is 1. The third kappa shape index (κ3) is 3.98. The van der Waals surface area contributed by atoms with Gasteiger partial charge in [0.15, 0.2) is 5.44 Å². The van der Waals surface area contributed by atoms with Gasteiger partial charge in [0.25, 0.3) is 0 Å². The molecule has 7 heteroatoms. The van der Waals surface area contributed by atoms with Gasteiger partial charge in [-0.1, -0.05) is 18.2 Å². The van der Waals surface area contributed by atoms with Crippen LogP contribution in [-0.2, 0) is 19.3 Å². The molecule has 1 aromatic rings. The predicted molar refractivity (Wildman–Crippen MR) is 81.1 cm³/mol. The lowest BCUT2D eigenvalue weighted by molar-refractivity contribution is 0.0500. The maximum absolute atomic E-state index is 12.4. The van der Waals surface area contributed by atoms with E-state index in [1.54, 1.807) is 45.9 Å². The van der Waals surface area contributed by atoms with Crippen molar-refractivity contribution in [2.75, 3.05) is 0 Å². The number of carbonyl (C=O) groups is 1. The van der Waals surface area contributed by atoms with Crippen molar-refractivity contribution < 1.29 is 22.7 Å². The fourth-order valence-electron chi connectivity index (χ4n) is 2.03. The number of alkyl carbamates (subject to hydrolysis) is 1. The molecule has 1 heterocycles. The highest BCUT2D eigenvalue weighted by Gasteiger charge is 2.53. The molecular weight excluding hydrogens is 306 g/mol. The first-order valence-corrected chi connectivity index (χ1v) is 8.60. The van der Waals surface area contributed by atoms with Crippen molar-refractivity contribution in [2.45, 2.75) is 55.8 Å². The van der Waals surface area contributed by atoms with Gasteiger partial charge in [-0.25, -0.2) is 13.2 Å². The molecule has 6 nitrogen and oxygen atoms in total. The Labute approximate surface area is 130 Å². The van der Waals surface area contributed by atoms with Gasteiger partial charge < -0.3 is 14.8 Å². The summed E-state index contributed by atoms with van der Waals surface area (Å²) in [6.45, 7) is 6.96. The fourth-order valence-corrected chi connectivity index (χ4v) is 3.70. The summed E-state index contributed by atoms with van der Waals surface area (Å²) in [5.41, 5.74) is -1.54. The van der Waals surface area contributed by atoms with E-state index >= 15 is 0 Å². The van der Waals surface area contributed by atoms with E-state index in [1.807, 2.05) is 0 Å². The molecule has 1 aliphatic rings. The summed E-state index contributed by atoms with van der Waals surface area (Å²) >= 11 is 0. The normalized spacial score (nSPS) is 22.7. The van der Waals surface area contributed by atoms with Gasteiger partial charge in [-0.3, -0.25) is 0 Å². The van der Waals surface area contributed by atoms with E-state index in [4.69, 9.17) is 9.47 Å². The molecule has 1 amide bonds. The van der Waals surface area contributed by atoms with Crippen LogP contribution in [0.4, 0.5) is 4.79 Å². The first-order chi connectivity index (χ1) is 10.1. The van der Waals surface area contributed by atoms with Gasteiger partial charge in [-0.15, -0.1) is 0 Å². The minimum absolute atomic E-state index is 0.215. The van der Waals surface area contributed by atoms with Crippen molar-refractivity contribution >= 4 is 15.9 Å². The highest BCUT2D eigenvalue weighted by Crippen LogP contribution is 2.34. The number of hydrogen-bond acceptors (Lipinski definition) is 5. The Bertz CT molecular complexity index is 636. The lowest BCUT2D eigenvalue weighted by atomic mass is 10.2. The van der Waals surface area contributed by atoms with Gasteiger partial charge in [0.2, 0.25) is 9.84 Å². The minimum atomic E-state index is -3.55. The van der Waals surface area contributed by atoms with E-state index in [0.29, 0.717) is 0 Å². The molecule has 0 spiro atoms. The van der Waals surface area contributed by atoms with Crippen LogP contribution in [0.3, 0.4) is 0 Å². The Morgan fingerprint density at radius 2 is 1.86 bits per heavy atom. The molecule has 1 aliphatic heterocycles. The molecule has 1 N–H and O–H groups in total. The Hall–Kier alpha value is -1.60. The number of hydrogen-bond donors (Lipinski definition) is 1. The van der Waals surface area contributed by atoms with Crippen LogP contribution < -0.4 is 5.32 Å². The van der Waals surface area contributed by atoms with Crippen molar-refractivity contribution in [3.63, 3.8) is 0 Å². The van der Waals surface area contributed by atoms with Crippen molar-refractivity contribution in [1.29, 1.82) is 0 Å². The average molecular weight is 327 g/mol. The largest absolute Gasteiger partial charge is 0.444 e. The number of rotatable bonds is 4. The molecule has 122 valence electrons. The van der Waals surface area contributed by atoms with Crippen molar-refractivity contribution in [3.8, 4) is 0 Å². The van der Waals surface area contributed by atoms with Crippen molar-refractivity contribution in [2.24, 2.45) is 0 Å². The zero-order chi connectivity index (χ0) is 16.5. The summed E-state index contributed by atoms with van der Waals surface area (Å²) in [6, 6.07) is 7.66. The number of carbonyl (C=O) groups excluding carboxylic acids is 1. The summed E-state index contributed by atoms with van der Waals surface area (Å²) in [5.74, 6) is 0. The maximum Gasteiger partial charge on any atom is 0.407 e. The quantitative estimate of drug-likeness (QED) is 0.856. The van der Waals surface area contributed by atoms with Crippen molar-refractivity contribution in [3.05, 3.63) is 30.3 Å². The molecule has 0 unspecified atom stereocenters. The highest BCUT2D eigenvalue weighted by atomic mass is 32.2. The van der Waals surface area contributed by atoms with E-state index in [1.165, 1.54) is 12.1 Å². The van der Waals surface area contributed by atoms with Gasteiger partial charge in [-0.2, -0.15) is 0 Å². The second-order valence-corrected chi connectivity index (χ2v) is 8.29. The van der Waals surface area contributed by atoms with Gasteiger partial charge in [0.1, 0.15) is 11.7 Å². The maximum atomic E-state index is 12.4. The van der Waals surface area contributed by atoms with E-state index in [9.17, 15) is 13.2 Å². The molecule has 0 saturated carbocycles. The summed E-state index contributed by atoms with van der Waals surface area (Å²) < 4.78 is 35.1. The molecule has 0 aliphatic carbocycles. The van der Waals surface area contributed by atoms with Crippen LogP contribution in [0.1, 0.15) is 27.7 Å². The van der Waals surface area contributed by atoms with Crippen LogP contribution >= 0.6 is 0 Å². The minimum Gasteiger partial charge on any atom is -0.444 e. The Morgan fingerprint density at radius 3 is 2.41 bits per heavy atom. The smallest absolute Gasteiger partial charge is 0.407 e. The average Bonchev–Trinajstić information content (AvgIpc) is 3.18. The van der Waals surface area contributed by atoms with Gasteiger partial charge >= 0.3 is 6.09 Å². The topological polar surface area (TPSA) is 85.0 Å². The molecular formula is C15H21NO5S. The van der Waals surface area contributed by atoms with Crippen LogP contribution in [0.5, 0.6) is 0 Å². The lowest BCUT2D eigenvalue weighted by Gasteiger charge is -2.21. The molecule has 1 saturated heterocycles. The van der Waals surface area contributed by atoms with Crippen molar-refractivity contribution in [1.82, 2.24) is 5.32 Å².